The first-order chi connectivity index (χ1) is 8.91. The molecule has 19 heavy (non-hydrogen) atoms. The average molecular weight is 267 g/mol. The molecule has 1 aromatic rings. The van der Waals surface area contributed by atoms with Gasteiger partial charge in [-0.05, 0) is 25.3 Å². The molecule has 0 radical (unpaired) electrons. The van der Waals surface area contributed by atoms with Gasteiger partial charge in [0.25, 0.3) is 0 Å². The number of phenolic OH excluding ortho intramolecular Hbond substituents is 3. The largest absolute Gasteiger partial charge is 0.504 e. The first-order valence-electron chi connectivity index (χ1n) is 6.88. The molecule has 108 valence electrons. The van der Waals surface area contributed by atoms with Crippen molar-refractivity contribution in [3.63, 3.8) is 0 Å². The zero-order valence-electron chi connectivity index (χ0n) is 12.0. The SMILES string of the molecule is CC(C)CCCC(C)NCc1ccc(O)c(O)c1O. The molecule has 0 amide bonds. The third-order valence-corrected chi connectivity index (χ3v) is 3.27. The van der Waals surface area contributed by atoms with Crippen molar-refractivity contribution >= 4 is 0 Å². The van der Waals surface area contributed by atoms with Crippen molar-refractivity contribution in [1.29, 1.82) is 0 Å². The Morgan fingerprint density at radius 3 is 2.32 bits per heavy atom. The molecule has 1 atom stereocenters. The minimum Gasteiger partial charge on any atom is -0.504 e. The third-order valence-electron chi connectivity index (χ3n) is 3.27. The van der Waals surface area contributed by atoms with Gasteiger partial charge in [0.05, 0.1) is 0 Å². The highest BCUT2D eigenvalue weighted by molar-refractivity contribution is 5.52. The average Bonchev–Trinajstić information content (AvgIpc) is 2.35. The lowest BCUT2D eigenvalue weighted by Gasteiger charge is -2.15. The van der Waals surface area contributed by atoms with Gasteiger partial charge in [-0.15, -0.1) is 0 Å². The summed E-state index contributed by atoms with van der Waals surface area (Å²) in [5.41, 5.74) is 0.589. The van der Waals surface area contributed by atoms with Crippen LogP contribution in [-0.2, 0) is 6.54 Å². The third kappa shape index (κ3) is 4.99. The van der Waals surface area contributed by atoms with Crippen molar-refractivity contribution < 1.29 is 15.3 Å². The lowest BCUT2D eigenvalue weighted by atomic mass is 10.0. The van der Waals surface area contributed by atoms with Crippen LogP contribution in [0.2, 0.25) is 0 Å². The normalized spacial score (nSPS) is 12.8. The molecule has 4 nitrogen and oxygen atoms in total. The number of benzene rings is 1. The fourth-order valence-corrected chi connectivity index (χ4v) is 1.97. The van der Waals surface area contributed by atoms with Crippen LogP contribution in [0, 0.1) is 5.92 Å². The maximum absolute atomic E-state index is 9.69. The molecule has 0 aliphatic rings. The Bertz CT molecular complexity index is 405. The summed E-state index contributed by atoms with van der Waals surface area (Å²) in [4.78, 5) is 0. The fourth-order valence-electron chi connectivity index (χ4n) is 1.97. The van der Waals surface area contributed by atoms with Crippen molar-refractivity contribution in [2.24, 2.45) is 5.92 Å². The first kappa shape index (κ1) is 15.6. The smallest absolute Gasteiger partial charge is 0.200 e. The van der Waals surface area contributed by atoms with Crippen molar-refractivity contribution in [3.8, 4) is 17.2 Å². The Morgan fingerprint density at radius 2 is 1.68 bits per heavy atom. The number of phenols is 3. The maximum Gasteiger partial charge on any atom is 0.200 e. The van der Waals surface area contributed by atoms with E-state index in [9.17, 15) is 15.3 Å². The van der Waals surface area contributed by atoms with Crippen molar-refractivity contribution in [2.75, 3.05) is 0 Å². The Morgan fingerprint density at radius 1 is 1.00 bits per heavy atom. The van der Waals surface area contributed by atoms with Gasteiger partial charge in [0, 0.05) is 18.2 Å². The van der Waals surface area contributed by atoms with Gasteiger partial charge in [-0.1, -0.05) is 32.8 Å². The van der Waals surface area contributed by atoms with Crippen LogP contribution in [0.25, 0.3) is 0 Å². The van der Waals surface area contributed by atoms with Gasteiger partial charge in [0.2, 0.25) is 5.75 Å². The van der Waals surface area contributed by atoms with Gasteiger partial charge >= 0.3 is 0 Å². The molecule has 0 spiro atoms. The summed E-state index contributed by atoms with van der Waals surface area (Å²) >= 11 is 0. The van der Waals surface area contributed by atoms with E-state index in [1.807, 2.05) is 0 Å². The van der Waals surface area contributed by atoms with E-state index in [1.165, 1.54) is 18.9 Å². The summed E-state index contributed by atoms with van der Waals surface area (Å²) in [6.07, 6.45) is 3.49. The molecule has 0 aromatic heterocycles. The molecule has 4 N–H and O–H groups in total. The van der Waals surface area contributed by atoms with Crippen LogP contribution in [0.3, 0.4) is 0 Å². The second kappa shape index (κ2) is 7.24. The second-order valence-electron chi connectivity index (χ2n) is 5.55. The van der Waals surface area contributed by atoms with Crippen LogP contribution in [-0.4, -0.2) is 21.4 Å². The maximum atomic E-state index is 9.69. The molecule has 0 saturated carbocycles. The van der Waals surface area contributed by atoms with Gasteiger partial charge in [-0.25, -0.2) is 0 Å². The Labute approximate surface area is 115 Å². The fraction of sp³-hybridized carbons (Fsp3) is 0.600. The van der Waals surface area contributed by atoms with Crippen LogP contribution in [0.4, 0.5) is 0 Å². The van der Waals surface area contributed by atoms with Crippen molar-refractivity contribution in [3.05, 3.63) is 17.7 Å². The molecular weight excluding hydrogens is 242 g/mol. The second-order valence-corrected chi connectivity index (χ2v) is 5.55. The Hall–Kier alpha value is -1.42. The molecule has 1 unspecified atom stereocenters. The number of nitrogens with one attached hydrogen (secondary N) is 1. The summed E-state index contributed by atoms with van der Waals surface area (Å²) in [6, 6.07) is 3.35. The molecule has 1 rings (SSSR count). The predicted octanol–water partition coefficient (Wildman–Crippen LogP) is 3.11. The van der Waals surface area contributed by atoms with E-state index < -0.39 is 5.75 Å². The molecule has 1 aromatic carbocycles. The van der Waals surface area contributed by atoms with E-state index >= 15 is 0 Å². The van der Waals surface area contributed by atoms with Crippen LogP contribution in [0.1, 0.15) is 45.6 Å². The van der Waals surface area contributed by atoms with Crippen molar-refractivity contribution in [1.82, 2.24) is 5.32 Å². The summed E-state index contributed by atoms with van der Waals surface area (Å²) in [7, 11) is 0. The van der Waals surface area contributed by atoms with E-state index in [4.69, 9.17) is 0 Å². The number of hydrogen-bond donors (Lipinski definition) is 4. The lowest BCUT2D eigenvalue weighted by molar-refractivity contribution is 0.362. The first-order valence-corrected chi connectivity index (χ1v) is 6.88. The van der Waals surface area contributed by atoms with Crippen molar-refractivity contribution in [2.45, 2.75) is 52.6 Å². The molecule has 4 heteroatoms. The zero-order valence-corrected chi connectivity index (χ0v) is 12.0. The van der Waals surface area contributed by atoms with Crippen LogP contribution in [0.5, 0.6) is 17.2 Å². The Balaban J connectivity index is 2.42. The molecule has 0 aliphatic heterocycles. The zero-order chi connectivity index (χ0) is 14.4. The molecule has 0 saturated heterocycles. The summed E-state index contributed by atoms with van der Waals surface area (Å²) in [6.45, 7) is 7.02. The number of aromatic hydroxyl groups is 3. The molecule has 0 bridgehead atoms. The quantitative estimate of drug-likeness (QED) is 0.573. The highest BCUT2D eigenvalue weighted by atomic mass is 16.3. The van der Waals surface area contributed by atoms with E-state index in [0.29, 0.717) is 18.2 Å². The summed E-state index contributed by atoms with van der Waals surface area (Å²) in [5.74, 6) is -0.273. The molecule has 0 heterocycles. The van der Waals surface area contributed by atoms with E-state index in [1.54, 1.807) is 6.07 Å². The summed E-state index contributed by atoms with van der Waals surface area (Å²) < 4.78 is 0. The standard InChI is InChI=1S/C15H25NO3/c1-10(2)5-4-6-11(3)16-9-12-7-8-13(17)15(19)14(12)18/h7-8,10-11,16-19H,4-6,9H2,1-3H3. The predicted molar refractivity (Wildman–Crippen MR) is 76.4 cm³/mol. The van der Waals surface area contributed by atoms with Gasteiger partial charge in [0.1, 0.15) is 0 Å². The van der Waals surface area contributed by atoms with E-state index in [2.05, 4.69) is 26.1 Å². The highest BCUT2D eigenvalue weighted by Crippen LogP contribution is 2.36. The number of hydrogen-bond acceptors (Lipinski definition) is 4. The van der Waals surface area contributed by atoms with Crippen LogP contribution >= 0.6 is 0 Å². The molecule has 0 aliphatic carbocycles. The topological polar surface area (TPSA) is 72.7 Å². The molecular formula is C15H25NO3. The van der Waals surface area contributed by atoms with Gasteiger partial charge in [-0.3, -0.25) is 0 Å². The van der Waals surface area contributed by atoms with Gasteiger partial charge in [0.15, 0.2) is 11.5 Å². The summed E-state index contributed by atoms with van der Waals surface area (Å²) in [5, 5.41) is 31.7. The van der Waals surface area contributed by atoms with E-state index in [0.717, 1.165) is 12.3 Å². The minimum atomic E-state index is -0.452. The minimum absolute atomic E-state index is 0.248. The number of rotatable bonds is 7. The molecule has 0 fully saturated rings. The van der Waals surface area contributed by atoms with Gasteiger partial charge < -0.3 is 20.6 Å². The highest BCUT2D eigenvalue weighted by Gasteiger charge is 2.11. The van der Waals surface area contributed by atoms with Crippen LogP contribution in [0.15, 0.2) is 12.1 Å². The monoisotopic (exact) mass is 267 g/mol. The lowest BCUT2D eigenvalue weighted by Crippen LogP contribution is -2.25. The van der Waals surface area contributed by atoms with Gasteiger partial charge in [-0.2, -0.15) is 0 Å². The van der Waals surface area contributed by atoms with Crippen LogP contribution < -0.4 is 5.32 Å². The Kier molecular flexibility index (Phi) is 5.96. The van der Waals surface area contributed by atoms with E-state index in [-0.39, 0.29) is 11.5 Å².